The summed E-state index contributed by atoms with van der Waals surface area (Å²) in [6, 6.07) is 15.1. The third-order valence-electron chi connectivity index (χ3n) is 6.19. The van der Waals surface area contributed by atoms with Crippen LogP contribution in [0.4, 0.5) is 0 Å². The number of carbonyl (C=O) groups excluding carboxylic acids is 3. The monoisotopic (exact) mass is 404 g/mol. The van der Waals surface area contributed by atoms with Crippen LogP contribution in [0.1, 0.15) is 76.2 Å². The van der Waals surface area contributed by atoms with Gasteiger partial charge in [0, 0.05) is 24.2 Å². The Bertz CT molecular complexity index is 962. The number of carbonyl (C=O) groups is 3. The van der Waals surface area contributed by atoms with Gasteiger partial charge in [-0.1, -0.05) is 43.2 Å². The molecule has 2 aliphatic rings. The minimum absolute atomic E-state index is 0.0531. The third-order valence-corrected chi connectivity index (χ3v) is 6.19. The van der Waals surface area contributed by atoms with Crippen molar-refractivity contribution in [3.63, 3.8) is 0 Å². The Morgan fingerprint density at radius 2 is 1.67 bits per heavy atom. The molecule has 3 amide bonds. The summed E-state index contributed by atoms with van der Waals surface area (Å²) in [4.78, 5) is 42.2. The minimum Gasteiger partial charge on any atom is -0.333 e. The lowest BCUT2D eigenvalue weighted by molar-refractivity contribution is 0.0612. The standard InChI is InChI=1S/C25H28N2O3/c1-17(2)27(20-10-6-7-11-20)23(28)19-12-13-21-22(16-19)25(30)26(24(21)29)15-14-18-8-4-3-5-9-18/h3-5,8-9,12-13,16-17,20H,6-7,10-11,14-15H2,1-2H3. The largest absolute Gasteiger partial charge is 0.333 e. The zero-order chi connectivity index (χ0) is 21.3. The summed E-state index contributed by atoms with van der Waals surface area (Å²) >= 11 is 0. The molecule has 4 rings (SSSR count). The molecule has 0 spiro atoms. The number of nitrogens with zero attached hydrogens (tertiary/aromatic N) is 2. The van der Waals surface area contributed by atoms with Gasteiger partial charge in [-0.25, -0.2) is 0 Å². The predicted octanol–water partition coefficient (Wildman–Crippen LogP) is 4.32. The molecule has 0 aromatic heterocycles. The van der Waals surface area contributed by atoms with Crippen molar-refractivity contribution in [3.8, 4) is 0 Å². The normalized spacial score (nSPS) is 16.4. The Morgan fingerprint density at radius 1 is 1.00 bits per heavy atom. The van der Waals surface area contributed by atoms with Crippen molar-refractivity contribution in [1.29, 1.82) is 0 Å². The zero-order valence-electron chi connectivity index (χ0n) is 17.6. The van der Waals surface area contributed by atoms with Crippen molar-refractivity contribution in [1.82, 2.24) is 9.80 Å². The number of benzene rings is 2. The first-order valence-electron chi connectivity index (χ1n) is 10.8. The Labute approximate surface area is 177 Å². The van der Waals surface area contributed by atoms with E-state index in [1.54, 1.807) is 18.2 Å². The van der Waals surface area contributed by atoms with E-state index in [9.17, 15) is 14.4 Å². The van der Waals surface area contributed by atoms with Crippen LogP contribution in [0, 0.1) is 0 Å². The van der Waals surface area contributed by atoms with Crippen molar-refractivity contribution in [2.45, 2.75) is 58.0 Å². The SMILES string of the molecule is CC(C)N(C(=O)c1ccc2c(c1)C(=O)N(CCc1ccccc1)C2=O)C1CCCC1. The number of hydrogen-bond donors (Lipinski definition) is 0. The highest BCUT2D eigenvalue weighted by molar-refractivity contribution is 6.22. The average molecular weight is 405 g/mol. The molecule has 0 bridgehead atoms. The Morgan fingerprint density at radius 3 is 2.33 bits per heavy atom. The van der Waals surface area contributed by atoms with E-state index in [1.165, 1.54) is 4.90 Å². The molecule has 0 saturated heterocycles. The summed E-state index contributed by atoms with van der Waals surface area (Å²) in [6.45, 7) is 4.40. The van der Waals surface area contributed by atoms with Crippen LogP contribution in [0.25, 0.3) is 0 Å². The molecule has 0 unspecified atom stereocenters. The minimum atomic E-state index is -0.308. The fraction of sp³-hybridized carbons (Fsp3) is 0.400. The molecule has 5 heteroatoms. The van der Waals surface area contributed by atoms with Crippen molar-refractivity contribution in [3.05, 3.63) is 70.8 Å². The van der Waals surface area contributed by atoms with E-state index >= 15 is 0 Å². The van der Waals surface area contributed by atoms with E-state index in [1.807, 2.05) is 49.1 Å². The summed E-state index contributed by atoms with van der Waals surface area (Å²) < 4.78 is 0. The van der Waals surface area contributed by atoms with Gasteiger partial charge in [0.1, 0.15) is 0 Å². The molecule has 2 aromatic rings. The van der Waals surface area contributed by atoms with E-state index in [0.717, 1.165) is 31.2 Å². The van der Waals surface area contributed by atoms with Crippen molar-refractivity contribution >= 4 is 17.7 Å². The fourth-order valence-electron chi connectivity index (χ4n) is 4.67. The van der Waals surface area contributed by atoms with E-state index in [-0.39, 0.29) is 29.8 Å². The van der Waals surface area contributed by atoms with Crippen LogP contribution in [0.5, 0.6) is 0 Å². The van der Waals surface area contributed by atoms with Gasteiger partial charge in [0.05, 0.1) is 11.1 Å². The van der Waals surface area contributed by atoms with Gasteiger partial charge < -0.3 is 4.90 Å². The number of fused-ring (bicyclic) bond motifs is 1. The second-order valence-corrected chi connectivity index (χ2v) is 8.50. The molecule has 156 valence electrons. The topological polar surface area (TPSA) is 57.7 Å². The highest BCUT2D eigenvalue weighted by atomic mass is 16.2. The van der Waals surface area contributed by atoms with Gasteiger partial charge in [-0.3, -0.25) is 19.3 Å². The maximum Gasteiger partial charge on any atom is 0.261 e. The van der Waals surface area contributed by atoms with Gasteiger partial charge in [-0.05, 0) is 56.9 Å². The van der Waals surface area contributed by atoms with Crippen LogP contribution in [-0.2, 0) is 6.42 Å². The van der Waals surface area contributed by atoms with E-state index < -0.39 is 0 Å². The lowest BCUT2D eigenvalue weighted by Crippen LogP contribution is -2.43. The van der Waals surface area contributed by atoms with Gasteiger partial charge in [0.15, 0.2) is 0 Å². The van der Waals surface area contributed by atoms with Gasteiger partial charge >= 0.3 is 0 Å². The first-order valence-corrected chi connectivity index (χ1v) is 10.8. The van der Waals surface area contributed by atoms with Gasteiger partial charge in [0.25, 0.3) is 17.7 Å². The molecule has 0 radical (unpaired) electrons. The van der Waals surface area contributed by atoms with Crippen molar-refractivity contribution in [2.24, 2.45) is 0 Å². The van der Waals surface area contributed by atoms with E-state index in [4.69, 9.17) is 0 Å². The van der Waals surface area contributed by atoms with Crippen LogP contribution in [0.15, 0.2) is 48.5 Å². The summed E-state index contributed by atoms with van der Waals surface area (Å²) in [7, 11) is 0. The molecule has 30 heavy (non-hydrogen) atoms. The number of hydrogen-bond acceptors (Lipinski definition) is 3. The lowest BCUT2D eigenvalue weighted by Gasteiger charge is -2.33. The summed E-state index contributed by atoms with van der Waals surface area (Å²) in [5, 5.41) is 0. The van der Waals surface area contributed by atoms with Crippen LogP contribution >= 0.6 is 0 Å². The Kier molecular flexibility index (Phi) is 5.71. The van der Waals surface area contributed by atoms with Crippen molar-refractivity contribution in [2.75, 3.05) is 6.54 Å². The summed E-state index contributed by atoms with van der Waals surface area (Å²) in [5.74, 6) is -0.637. The fourth-order valence-corrected chi connectivity index (χ4v) is 4.67. The first-order chi connectivity index (χ1) is 14.5. The Hall–Kier alpha value is -2.95. The Balaban J connectivity index is 1.54. The van der Waals surface area contributed by atoms with E-state index in [0.29, 0.717) is 29.7 Å². The molecule has 0 N–H and O–H groups in total. The molecular formula is C25H28N2O3. The molecule has 5 nitrogen and oxygen atoms in total. The number of rotatable bonds is 6. The maximum absolute atomic E-state index is 13.3. The van der Waals surface area contributed by atoms with Crippen LogP contribution in [0.2, 0.25) is 0 Å². The highest BCUT2D eigenvalue weighted by Crippen LogP contribution is 2.29. The van der Waals surface area contributed by atoms with Gasteiger partial charge in [-0.15, -0.1) is 0 Å². The highest BCUT2D eigenvalue weighted by Gasteiger charge is 2.37. The maximum atomic E-state index is 13.3. The van der Waals surface area contributed by atoms with Crippen LogP contribution in [-0.4, -0.2) is 46.1 Å². The average Bonchev–Trinajstić information content (AvgIpc) is 3.35. The second-order valence-electron chi connectivity index (χ2n) is 8.50. The van der Waals surface area contributed by atoms with Crippen molar-refractivity contribution < 1.29 is 14.4 Å². The van der Waals surface area contributed by atoms with Gasteiger partial charge in [-0.2, -0.15) is 0 Å². The second kappa shape index (κ2) is 8.42. The molecule has 1 aliphatic heterocycles. The predicted molar refractivity (Wildman–Crippen MR) is 116 cm³/mol. The van der Waals surface area contributed by atoms with Crippen LogP contribution in [0.3, 0.4) is 0 Å². The third kappa shape index (κ3) is 3.76. The van der Waals surface area contributed by atoms with Gasteiger partial charge in [0.2, 0.25) is 0 Å². The molecule has 1 fully saturated rings. The zero-order valence-corrected chi connectivity index (χ0v) is 17.6. The smallest absolute Gasteiger partial charge is 0.261 e. The molecule has 1 saturated carbocycles. The summed E-state index contributed by atoms with van der Waals surface area (Å²) in [6.07, 6.45) is 4.96. The first kappa shape index (κ1) is 20.3. The number of amides is 3. The molecule has 1 aliphatic carbocycles. The summed E-state index contributed by atoms with van der Waals surface area (Å²) in [5.41, 5.74) is 2.30. The molecule has 1 heterocycles. The lowest BCUT2D eigenvalue weighted by atomic mass is 10.0. The van der Waals surface area contributed by atoms with E-state index in [2.05, 4.69) is 0 Å². The number of imide groups is 1. The quantitative estimate of drug-likeness (QED) is 0.674. The molecular weight excluding hydrogens is 376 g/mol. The molecule has 0 atom stereocenters. The molecule has 2 aromatic carbocycles. The van der Waals surface area contributed by atoms with Crippen LogP contribution < -0.4 is 0 Å².